The van der Waals surface area contributed by atoms with Crippen molar-refractivity contribution in [1.82, 2.24) is 25.9 Å². The largest absolute Gasteiger partial charge is 0.508 e. The summed E-state index contributed by atoms with van der Waals surface area (Å²) in [6.07, 6.45) is 0.721. The molecular weight excluding hydrogens is 1170 g/mol. The summed E-state index contributed by atoms with van der Waals surface area (Å²) in [7, 11) is 0. The molecule has 1 aliphatic rings. The molecule has 3 heterocycles. The first kappa shape index (κ1) is 66.1. The van der Waals surface area contributed by atoms with Crippen LogP contribution in [0.2, 0.25) is 0 Å². The van der Waals surface area contributed by atoms with E-state index < -0.39 is 41.3 Å². The highest BCUT2D eigenvalue weighted by Gasteiger charge is 2.45. The zero-order valence-corrected chi connectivity index (χ0v) is 51.6. The number of aliphatic hydroxyl groups is 1. The van der Waals surface area contributed by atoms with Gasteiger partial charge < -0.3 is 68.7 Å². The number of carbonyl (C=O) groups excluding carboxylic acids is 4. The van der Waals surface area contributed by atoms with E-state index in [2.05, 4.69) is 26.1 Å². The van der Waals surface area contributed by atoms with E-state index >= 15 is 0 Å². The number of hydrogen-bond acceptors (Lipinski definition) is 19. The number of thiazole rings is 1. The predicted molar refractivity (Wildman–Crippen MR) is 335 cm³/mol. The van der Waals surface area contributed by atoms with Crippen molar-refractivity contribution in [2.75, 3.05) is 92.4 Å². The Morgan fingerprint density at radius 2 is 1.32 bits per heavy atom. The third-order valence-electron chi connectivity index (χ3n) is 14.0. The van der Waals surface area contributed by atoms with E-state index in [1.54, 1.807) is 90.2 Å². The minimum absolute atomic E-state index is 0.0315. The third kappa shape index (κ3) is 19.6. The van der Waals surface area contributed by atoms with Gasteiger partial charge in [0.15, 0.2) is 5.75 Å². The van der Waals surface area contributed by atoms with Crippen LogP contribution in [0.15, 0.2) is 126 Å². The average Bonchev–Trinajstić information content (AvgIpc) is 3.08. The molecule has 0 spiro atoms. The molecule has 21 nitrogen and oxygen atoms in total. The smallest absolute Gasteiger partial charge is 0.271 e. The number of likely N-dealkylation sites (tertiary alicyclic amines) is 1. The van der Waals surface area contributed by atoms with Gasteiger partial charge in [-0.05, 0) is 126 Å². The Morgan fingerprint density at radius 1 is 0.716 bits per heavy atom. The molecule has 0 bridgehead atoms. The number of nitrogens with one attached hydrogen (secondary N) is 3. The van der Waals surface area contributed by atoms with Gasteiger partial charge in [-0.2, -0.15) is 5.10 Å². The fourth-order valence-electron chi connectivity index (χ4n) is 9.37. The summed E-state index contributed by atoms with van der Waals surface area (Å²) >= 11 is 3.01. The number of aryl methyl sites for hydroxylation is 1. The second-order valence-electron chi connectivity index (χ2n) is 21.7. The van der Waals surface area contributed by atoms with E-state index in [0.717, 1.165) is 47.8 Å². The SMILES string of the molecule is Cc1ncsc1-c1ccc([C@H](C)NC(=O)[C@@H]2C[C@@H](O)CN2C(=O)[C@@H](NC(=O)COCCOCCOCCOCCOCCOCCOc2ccc(/C=N/NC(=O)c3cccc(Oc4c(-c5ccc(O)cc5)sc5cc(O)ccc45)c3)cc2)C(C)(C)C)cc1. The molecule has 1 fully saturated rings. The number of ether oxygens (including phenoxy) is 8. The Kier molecular flexibility index (Phi) is 24.8. The number of benzene rings is 5. The predicted octanol–water partition coefficient (Wildman–Crippen LogP) is 8.82. The number of phenols is 2. The van der Waals surface area contributed by atoms with Crippen molar-refractivity contribution in [2.45, 2.75) is 65.3 Å². The van der Waals surface area contributed by atoms with Crippen molar-refractivity contribution in [2.24, 2.45) is 10.5 Å². The standard InChI is InChI=1S/C65H76N6O15S2/c1-42(45-11-13-46(14-12-45)59-43(2)66-41-87-59)68-63(77)55-36-51(74)39-71(55)64(78)61(65(3,4)5)69-57(75)40-84-32-31-82-28-27-80-24-23-79-25-26-81-29-30-83-33-34-85-52-20-9-44(10-21-52)38-67-70-62(76)48-7-6-8-53(35-48)86-58-54-22-19-50(73)37-56(54)88-60(58)47-15-17-49(72)18-16-47/h6-22,35,37-38,41-42,51,55,61,72-74H,23-34,36,39-40H2,1-5H3,(H,68,77)(H,69,75)(H,70,76)/b67-38+/t42-,51+,55-,61+/m0/s1. The van der Waals surface area contributed by atoms with Crippen LogP contribution in [0.5, 0.6) is 28.7 Å². The Balaban J connectivity index is 0.608. The van der Waals surface area contributed by atoms with Crippen LogP contribution in [-0.2, 0) is 42.8 Å². The summed E-state index contributed by atoms with van der Waals surface area (Å²) in [5.74, 6) is 0.167. The maximum atomic E-state index is 14.0. The average molecular weight is 1250 g/mol. The van der Waals surface area contributed by atoms with E-state index in [-0.39, 0.29) is 56.2 Å². The maximum absolute atomic E-state index is 14.0. The molecule has 0 saturated carbocycles. The second-order valence-corrected chi connectivity index (χ2v) is 23.6. The lowest BCUT2D eigenvalue weighted by molar-refractivity contribution is -0.144. The zero-order chi connectivity index (χ0) is 62.4. The number of rotatable bonds is 33. The number of hydrazone groups is 1. The van der Waals surface area contributed by atoms with E-state index in [9.17, 15) is 34.5 Å². The lowest BCUT2D eigenvalue weighted by Gasteiger charge is -2.35. The summed E-state index contributed by atoms with van der Waals surface area (Å²) in [5.41, 5.74) is 8.46. The van der Waals surface area contributed by atoms with Crippen molar-refractivity contribution >= 4 is 62.6 Å². The lowest BCUT2D eigenvalue weighted by atomic mass is 9.85. The molecule has 0 aliphatic carbocycles. The molecule has 5 aromatic carbocycles. The van der Waals surface area contributed by atoms with Crippen LogP contribution >= 0.6 is 22.7 Å². The zero-order valence-electron chi connectivity index (χ0n) is 49.9. The minimum atomic E-state index is -0.983. The van der Waals surface area contributed by atoms with Crippen LogP contribution in [0.3, 0.4) is 0 Å². The molecule has 1 aliphatic heterocycles. The lowest BCUT2D eigenvalue weighted by Crippen LogP contribution is -2.58. The minimum Gasteiger partial charge on any atom is -0.508 e. The Morgan fingerprint density at radius 3 is 1.94 bits per heavy atom. The van der Waals surface area contributed by atoms with Gasteiger partial charge in [-0.25, -0.2) is 10.4 Å². The topological polar surface area (TPSA) is 267 Å². The van der Waals surface area contributed by atoms with Crippen molar-refractivity contribution in [1.29, 1.82) is 0 Å². The Bertz CT molecular complexity index is 3410. The molecule has 1 saturated heterocycles. The second kappa shape index (κ2) is 32.9. The number of nitrogens with zero attached hydrogens (tertiary/aromatic N) is 3. The van der Waals surface area contributed by atoms with Gasteiger partial charge in [0.1, 0.15) is 48.3 Å². The van der Waals surface area contributed by atoms with Gasteiger partial charge in [-0.1, -0.05) is 51.1 Å². The van der Waals surface area contributed by atoms with Crippen LogP contribution in [0, 0.1) is 12.3 Å². The number of aliphatic hydroxyl groups excluding tert-OH is 1. The summed E-state index contributed by atoms with van der Waals surface area (Å²) in [4.78, 5) is 61.3. The van der Waals surface area contributed by atoms with Crippen LogP contribution in [0.4, 0.5) is 0 Å². The molecule has 23 heteroatoms. The van der Waals surface area contributed by atoms with Gasteiger partial charge in [0.2, 0.25) is 17.7 Å². The summed E-state index contributed by atoms with van der Waals surface area (Å²) in [5, 5.41) is 41.3. The fourth-order valence-corrected chi connectivity index (χ4v) is 11.3. The van der Waals surface area contributed by atoms with Gasteiger partial charge in [0.05, 0.1) is 112 Å². The quantitative estimate of drug-likeness (QED) is 0.0127. The number of aromatic nitrogens is 1. The molecule has 2 aromatic heterocycles. The van der Waals surface area contributed by atoms with Crippen molar-refractivity contribution in [3.63, 3.8) is 0 Å². The van der Waals surface area contributed by atoms with E-state index in [1.165, 1.54) is 22.5 Å². The number of phenolic OH excluding ortho intramolecular Hbond substituents is 2. The van der Waals surface area contributed by atoms with Gasteiger partial charge >= 0.3 is 0 Å². The third-order valence-corrected chi connectivity index (χ3v) is 16.1. The van der Waals surface area contributed by atoms with Gasteiger partial charge in [-0.3, -0.25) is 19.2 Å². The molecule has 6 N–H and O–H groups in total. The maximum Gasteiger partial charge on any atom is 0.271 e. The number of fused-ring (bicyclic) bond motifs is 1. The van der Waals surface area contributed by atoms with Crippen molar-refractivity contribution in [3.05, 3.63) is 143 Å². The van der Waals surface area contributed by atoms with E-state index in [1.807, 2.05) is 76.5 Å². The normalized spacial score (nSPS) is 14.9. The number of aromatic hydroxyl groups is 2. The molecule has 0 radical (unpaired) electrons. The van der Waals surface area contributed by atoms with E-state index in [4.69, 9.17) is 37.9 Å². The number of thiophene rings is 1. The van der Waals surface area contributed by atoms with E-state index in [0.29, 0.717) is 88.9 Å². The fraction of sp³-hybridized carbons (Fsp3) is 0.385. The Hall–Kier alpha value is -7.84. The first-order valence-electron chi connectivity index (χ1n) is 28.9. The molecule has 468 valence electrons. The first-order chi connectivity index (χ1) is 42.5. The number of β-amino-alcohol motifs (C(OH)–C–C–N with tert-alkyl or cyclic N) is 1. The molecule has 7 aromatic rings. The first-order valence-corrected chi connectivity index (χ1v) is 30.6. The summed E-state index contributed by atoms with van der Waals surface area (Å²) < 4.78 is 46.4. The monoisotopic (exact) mass is 1240 g/mol. The van der Waals surface area contributed by atoms with Crippen molar-refractivity contribution in [3.8, 4) is 49.6 Å². The number of hydrogen-bond donors (Lipinski definition) is 6. The van der Waals surface area contributed by atoms with Gasteiger partial charge in [0, 0.05) is 28.6 Å². The van der Waals surface area contributed by atoms with Crippen molar-refractivity contribution < 1.29 is 72.4 Å². The number of amides is 4. The summed E-state index contributed by atoms with van der Waals surface area (Å²) in [6.45, 7) is 13.0. The highest BCUT2D eigenvalue weighted by molar-refractivity contribution is 7.22. The molecule has 4 amide bonds. The molecule has 8 rings (SSSR count). The Labute approximate surface area is 519 Å². The van der Waals surface area contributed by atoms with Gasteiger partial charge in [0.25, 0.3) is 5.91 Å². The highest BCUT2D eigenvalue weighted by Crippen LogP contribution is 2.47. The molecular formula is C65H76N6O15S2. The molecule has 4 atom stereocenters. The number of carbonyl (C=O) groups is 4. The van der Waals surface area contributed by atoms with Crippen LogP contribution < -0.4 is 25.5 Å². The van der Waals surface area contributed by atoms with Crippen LogP contribution in [0.25, 0.3) is 31.0 Å². The highest BCUT2D eigenvalue weighted by atomic mass is 32.1. The van der Waals surface area contributed by atoms with Crippen LogP contribution in [-0.4, -0.2) is 166 Å². The molecule has 0 unspecified atom stereocenters. The summed E-state index contributed by atoms with van der Waals surface area (Å²) in [6, 6.07) is 31.5. The van der Waals surface area contributed by atoms with Gasteiger partial charge in [-0.15, -0.1) is 22.7 Å². The molecule has 88 heavy (non-hydrogen) atoms. The van der Waals surface area contributed by atoms with Crippen LogP contribution in [0.1, 0.15) is 67.3 Å².